The SMILES string of the molecule is C[S@@](=O)Cc1noc([C@@H](c2ccccc2)C2CC2)n1. The average Bonchev–Trinajstić information content (AvgIpc) is 3.12. The normalized spacial score (nSPS) is 18.2. The molecule has 1 aromatic carbocycles. The van der Waals surface area contributed by atoms with Crippen molar-refractivity contribution in [2.45, 2.75) is 24.5 Å². The van der Waals surface area contributed by atoms with Crippen LogP contribution in [-0.4, -0.2) is 20.6 Å². The zero-order valence-electron chi connectivity index (χ0n) is 10.8. The molecule has 2 atom stereocenters. The summed E-state index contributed by atoms with van der Waals surface area (Å²) in [4.78, 5) is 4.42. The second-order valence-electron chi connectivity index (χ2n) is 4.99. The van der Waals surface area contributed by atoms with E-state index >= 15 is 0 Å². The molecule has 2 aromatic rings. The maximum absolute atomic E-state index is 11.2. The molecule has 0 unspecified atom stereocenters. The van der Waals surface area contributed by atoms with E-state index < -0.39 is 10.8 Å². The molecule has 1 saturated carbocycles. The summed E-state index contributed by atoms with van der Waals surface area (Å²) in [6, 6.07) is 10.3. The van der Waals surface area contributed by atoms with E-state index in [1.54, 1.807) is 6.26 Å². The summed E-state index contributed by atoms with van der Waals surface area (Å²) < 4.78 is 16.6. The van der Waals surface area contributed by atoms with Crippen LogP contribution < -0.4 is 0 Å². The Bertz CT molecular complexity index is 578. The second-order valence-corrected chi connectivity index (χ2v) is 6.43. The molecule has 1 aliphatic carbocycles. The quantitative estimate of drug-likeness (QED) is 0.842. The van der Waals surface area contributed by atoms with E-state index in [-0.39, 0.29) is 5.92 Å². The van der Waals surface area contributed by atoms with Crippen molar-refractivity contribution in [2.24, 2.45) is 5.92 Å². The fourth-order valence-electron chi connectivity index (χ4n) is 2.34. The Morgan fingerprint density at radius 2 is 2.11 bits per heavy atom. The minimum absolute atomic E-state index is 0.188. The van der Waals surface area contributed by atoms with Crippen LogP contribution in [0.4, 0.5) is 0 Å². The summed E-state index contributed by atoms with van der Waals surface area (Å²) in [5.41, 5.74) is 1.22. The molecule has 0 amide bonds. The van der Waals surface area contributed by atoms with Gasteiger partial charge in [0.05, 0.1) is 11.7 Å². The van der Waals surface area contributed by atoms with Crippen molar-refractivity contribution in [2.75, 3.05) is 6.26 Å². The minimum Gasteiger partial charge on any atom is -0.339 e. The summed E-state index contributed by atoms with van der Waals surface area (Å²) in [7, 11) is -0.941. The third-order valence-electron chi connectivity index (χ3n) is 3.33. The molecule has 1 aliphatic rings. The molecule has 0 aliphatic heterocycles. The van der Waals surface area contributed by atoms with Crippen molar-refractivity contribution in [3.05, 3.63) is 47.6 Å². The van der Waals surface area contributed by atoms with Crippen molar-refractivity contribution < 1.29 is 8.73 Å². The van der Waals surface area contributed by atoms with Gasteiger partial charge in [0.1, 0.15) is 0 Å². The molecule has 3 rings (SSSR count). The van der Waals surface area contributed by atoms with Gasteiger partial charge in [0, 0.05) is 17.1 Å². The fraction of sp³-hybridized carbons (Fsp3) is 0.429. The van der Waals surface area contributed by atoms with E-state index in [9.17, 15) is 4.21 Å². The van der Waals surface area contributed by atoms with Crippen molar-refractivity contribution in [1.29, 1.82) is 0 Å². The first-order valence-electron chi connectivity index (χ1n) is 6.41. The topological polar surface area (TPSA) is 56.0 Å². The molecular formula is C14H16N2O2S. The van der Waals surface area contributed by atoms with Crippen LogP contribution in [0.25, 0.3) is 0 Å². The molecular weight excluding hydrogens is 260 g/mol. The second kappa shape index (κ2) is 5.25. The molecule has 0 N–H and O–H groups in total. The summed E-state index contributed by atoms with van der Waals surface area (Å²) in [5.74, 6) is 2.34. The summed E-state index contributed by atoms with van der Waals surface area (Å²) in [6.45, 7) is 0. The van der Waals surface area contributed by atoms with Crippen molar-refractivity contribution in [3.8, 4) is 0 Å². The standard InChI is InChI=1S/C14H16N2O2S/c1-19(17)9-12-15-14(18-16-12)13(11-7-8-11)10-5-3-2-4-6-10/h2-6,11,13H,7-9H2,1H3/t13-,19+/m0/s1. The monoisotopic (exact) mass is 276 g/mol. The van der Waals surface area contributed by atoms with Crippen molar-refractivity contribution in [1.82, 2.24) is 10.1 Å². The van der Waals surface area contributed by atoms with Gasteiger partial charge >= 0.3 is 0 Å². The van der Waals surface area contributed by atoms with Gasteiger partial charge in [0.25, 0.3) is 0 Å². The number of benzene rings is 1. The molecule has 5 heteroatoms. The maximum atomic E-state index is 11.2. The molecule has 4 nitrogen and oxygen atoms in total. The van der Waals surface area contributed by atoms with Crippen molar-refractivity contribution >= 4 is 10.8 Å². The highest BCUT2D eigenvalue weighted by Crippen LogP contribution is 2.45. The van der Waals surface area contributed by atoms with Crippen LogP contribution in [0.15, 0.2) is 34.9 Å². The van der Waals surface area contributed by atoms with Crippen molar-refractivity contribution in [3.63, 3.8) is 0 Å². The average molecular weight is 276 g/mol. The smallest absolute Gasteiger partial charge is 0.234 e. The van der Waals surface area contributed by atoms with Crippen LogP contribution in [0.3, 0.4) is 0 Å². The lowest BCUT2D eigenvalue weighted by molar-refractivity contribution is 0.353. The molecule has 1 heterocycles. The van der Waals surface area contributed by atoms with Gasteiger partial charge in [-0.25, -0.2) is 0 Å². The van der Waals surface area contributed by atoms with Gasteiger partial charge in [-0.15, -0.1) is 0 Å². The molecule has 1 fully saturated rings. The number of hydrogen-bond acceptors (Lipinski definition) is 4. The molecule has 19 heavy (non-hydrogen) atoms. The van der Waals surface area contributed by atoms with Gasteiger partial charge in [-0.3, -0.25) is 4.21 Å². The lowest BCUT2D eigenvalue weighted by Crippen LogP contribution is -2.04. The zero-order chi connectivity index (χ0) is 13.2. The number of nitrogens with zero attached hydrogens (tertiary/aromatic N) is 2. The summed E-state index contributed by atoms with van der Waals surface area (Å²) in [6.07, 6.45) is 4.06. The first-order valence-corrected chi connectivity index (χ1v) is 8.14. The van der Waals surface area contributed by atoms with E-state index in [1.165, 1.54) is 18.4 Å². The number of hydrogen-bond donors (Lipinski definition) is 0. The van der Waals surface area contributed by atoms with Gasteiger partial charge in [-0.2, -0.15) is 4.98 Å². The first-order chi connectivity index (χ1) is 9.24. The Morgan fingerprint density at radius 3 is 2.74 bits per heavy atom. The first kappa shape index (κ1) is 12.5. The van der Waals surface area contributed by atoms with Crippen LogP contribution in [0, 0.1) is 5.92 Å². The van der Waals surface area contributed by atoms with E-state index in [0.717, 1.165) is 0 Å². The van der Waals surface area contributed by atoms with Gasteiger partial charge < -0.3 is 4.52 Å². The van der Waals surface area contributed by atoms with Crippen LogP contribution >= 0.6 is 0 Å². The Labute approximate surface area is 114 Å². The summed E-state index contributed by atoms with van der Waals surface area (Å²) in [5, 5.41) is 3.93. The lowest BCUT2D eigenvalue weighted by atomic mass is 9.94. The van der Waals surface area contributed by atoms with Gasteiger partial charge in [0.15, 0.2) is 5.82 Å². The Hall–Kier alpha value is -1.49. The van der Waals surface area contributed by atoms with E-state index in [0.29, 0.717) is 23.4 Å². The lowest BCUT2D eigenvalue weighted by Gasteiger charge is -2.11. The molecule has 0 saturated heterocycles. The molecule has 100 valence electrons. The maximum Gasteiger partial charge on any atom is 0.234 e. The van der Waals surface area contributed by atoms with Gasteiger partial charge in [-0.1, -0.05) is 35.5 Å². The Kier molecular flexibility index (Phi) is 3.46. The van der Waals surface area contributed by atoms with Crippen LogP contribution in [0.5, 0.6) is 0 Å². The third kappa shape index (κ3) is 2.92. The number of aromatic nitrogens is 2. The van der Waals surface area contributed by atoms with Gasteiger partial charge in [-0.05, 0) is 24.3 Å². The summed E-state index contributed by atoms with van der Waals surface area (Å²) >= 11 is 0. The molecule has 0 spiro atoms. The van der Waals surface area contributed by atoms with Crippen LogP contribution in [-0.2, 0) is 16.6 Å². The predicted octanol–water partition coefficient (Wildman–Crippen LogP) is 2.49. The molecule has 0 bridgehead atoms. The van der Waals surface area contributed by atoms with Crippen LogP contribution in [0.2, 0.25) is 0 Å². The minimum atomic E-state index is -0.941. The number of rotatable bonds is 5. The predicted molar refractivity (Wildman–Crippen MR) is 73.1 cm³/mol. The largest absolute Gasteiger partial charge is 0.339 e. The molecule has 1 aromatic heterocycles. The van der Waals surface area contributed by atoms with E-state index in [2.05, 4.69) is 22.3 Å². The highest BCUT2D eigenvalue weighted by Gasteiger charge is 2.37. The third-order valence-corrected chi connectivity index (χ3v) is 4.00. The highest BCUT2D eigenvalue weighted by molar-refractivity contribution is 7.83. The van der Waals surface area contributed by atoms with Crippen LogP contribution in [0.1, 0.15) is 36.0 Å². The van der Waals surface area contributed by atoms with E-state index in [1.807, 2.05) is 18.2 Å². The zero-order valence-corrected chi connectivity index (χ0v) is 11.6. The Morgan fingerprint density at radius 1 is 1.37 bits per heavy atom. The Balaban J connectivity index is 1.88. The van der Waals surface area contributed by atoms with Gasteiger partial charge in [0.2, 0.25) is 5.89 Å². The highest BCUT2D eigenvalue weighted by atomic mass is 32.2. The van der Waals surface area contributed by atoms with E-state index in [4.69, 9.17) is 4.52 Å². The fourth-order valence-corrected chi connectivity index (χ4v) is 2.82. The molecule has 0 radical (unpaired) electrons.